The highest BCUT2D eigenvalue weighted by Crippen LogP contribution is 2.13. The summed E-state index contributed by atoms with van der Waals surface area (Å²) in [4.78, 5) is 10.8. The number of ether oxygens (including phenoxy) is 1. The third-order valence-electron chi connectivity index (χ3n) is 3.43. The van der Waals surface area contributed by atoms with Crippen LogP contribution in [-0.2, 0) is 11.3 Å². The normalized spacial score (nSPS) is 19.6. The van der Waals surface area contributed by atoms with Gasteiger partial charge in [0, 0.05) is 26.2 Å². The highest BCUT2D eigenvalue weighted by atomic mass is 127. The molecule has 2 atom stereocenters. The lowest BCUT2D eigenvalue weighted by Crippen LogP contribution is -2.40. The van der Waals surface area contributed by atoms with Crippen LogP contribution in [0.2, 0.25) is 0 Å². The number of guanidine groups is 1. The fraction of sp³-hybridized carbons (Fsp3) is 0.786. The van der Waals surface area contributed by atoms with E-state index in [2.05, 4.69) is 20.4 Å². The molecule has 2 N–H and O–H groups in total. The van der Waals surface area contributed by atoms with Crippen molar-refractivity contribution in [1.29, 1.82) is 0 Å². The molecule has 9 heteroatoms. The van der Waals surface area contributed by atoms with Crippen LogP contribution in [0.1, 0.15) is 45.0 Å². The van der Waals surface area contributed by atoms with Crippen molar-refractivity contribution in [3.05, 3.63) is 11.7 Å². The monoisotopic (exact) mass is 439 g/mol. The Balaban J connectivity index is 0.00000264. The molecule has 0 bridgehead atoms. The second kappa shape index (κ2) is 10.0. The van der Waals surface area contributed by atoms with Gasteiger partial charge in [0.15, 0.2) is 11.8 Å². The summed E-state index contributed by atoms with van der Waals surface area (Å²) in [5.41, 5.74) is 0. The Morgan fingerprint density at radius 1 is 1.57 bits per heavy atom. The lowest BCUT2D eigenvalue weighted by atomic mass is 10.3. The summed E-state index contributed by atoms with van der Waals surface area (Å²) in [7, 11) is 0. The van der Waals surface area contributed by atoms with E-state index in [0.717, 1.165) is 25.5 Å². The van der Waals surface area contributed by atoms with Crippen molar-refractivity contribution in [3.63, 3.8) is 0 Å². The minimum Gasteiger partial charge on any atom is -0.391 e. The van der Waals surface area contributed by atoms with E-state index in [1.54, 1.807) is 0 Å². The molecule has 2 rings (SSSR count). The topological polar surface area (TPSA) is 96.0 Å². The predicted octanol–water partition coefficient (Wildman–Crippen LogP) is 1.32. The molecule has 1 aromatic heterocycles. The first-order valence-electron chi connectivity index (χ1n) is 7.79. The molecular weight excluding hydrogens is 413 g/mol. The molecule has 1 saturated heterocycles. The summed E-state index contributed by atoms with van der Waals surface area (Å²) in [6, 6.07) is 0. The van der Waals surface area contributed by atoms with E-state index in [-0.39, 0.29) is 36.2 Å². The minimum absolute atomic E-state index is 0. The maximum absolute atomic E-state index is 9.64. The molecular formula is C14H26IN5O3. The van der Waals surface area contributed by atoms with Crippen LogP contribution in [0.25, 0.3) is 0 Å². The number of aliphatic hydroxyl groups is 1. The van der Waals surface area contributed by atoms with Gasteiger partial charge in [0.2, 0.25) is 5.89 Å². The quantitative estimate of drug-likeness (QED) is 0.392. The first-order chi connectivity index (χ1) is 10.6. The molecule has 1 aliphatic heterocycles. The van der Waals surface area contributed by atoms with Crippen LogP contribution in [0.3, 0.4) is 0 Å². The van der Waals surface area contributed by atoms with Crippen molar-refractivity contribution < 1.29 is 14.4 Å². The van der Waals surface area contributed by atoms with Crippen LogP contribution in [-0.4, -0.2) is 58.5 Å². The molecule has 8 nitrogen and oxygen atoms in total. The molecule has 1 aromatic rings. The number of hydrogen-bond donors (Lipinski definition) is 2. The summed E-state index contributed by atoms with van der Waals surface area (Å²) in [5, 5.41) is 16.8. The molecule has 1 unspecified atom stereocenters. The molecule has 0 aliphatic carbocycles. The molecule has 1 fully saturated rings. The van der Waals surface area contributed by atoms with Crippen LogP contribution < -0.4 is 5.32 Å². The number of hydrogen-bond acceptors (Lipinski definition) is 6. The van der Waals surface area contributed by atoms with Gasteiger partial charge in [-0.1, -0.05) is 5.16 Å². The SMILES string of the molecule is CCNC(=NCc1nc(C(C)OCC)no1)N1CC[C@@H](O)C1.I. The van der Waals surface area contributed by atoms with Crippen LogP contribution in [0.5, 0.6) is 0 Å². The van der Waals surface area contributed by atoms with E-state index in [9.17, 15) is 5.11 Å². The zero-order chi connectivity index (χ0) is 15.9. The zero-order valence-corrected chi connectivity index (χ0v) is 16.2. The Bertz CT molecular complexity index is 497. The van der Waals surface area contributed by atoms with E-state index in [0.29, 0.717) is 31.4 Å². The first-order valence-corrected chi connectivity index (χ1v) is 7.79. The second-order valence-corrected chi connectivity index (χ2v) is 5.20. The summed E-state index contributed by atoms with van der Waals surface area (Å²) in [6.07, 6.45) is 0.292. The molecule has 0 aromatic carbocycles. The van der Waals surface area contributed by atoms with Crippen molar-refractivity contribution in [3.8, 4) is 0 Å². The Morgan fingerprint density at radius 3 is 2.96 bits per heavy atom. The largest absolute Gasteiger partial charge is 0.391 e. The third-order valence-corrected chi connectivity index (χ3v) is 3.43. The number of β-amino-alcohol motifs (C(OH)–C–C–N with tert-alkyl or cyclic N) is 1. The van der Waals surface area contributed by atoms with Gasteiger partial charge in [0.05, 0.1) is 6.10 Å². The maximum atomic E-state index is 9.64. The van der Waals surface area contributed by atoms with Crippen molar-refractivity contribution in [2.45, 2.75) is 45.9 Å². The summed E-state index contributed by atoms with van der Waals surface area (Å²) < 4.78 is 10.6. The summed E-state index contributed by atoms with van der Waals surface area (Å²) in [6.45, 7) is 8.89. The molecule has 23 heavy (non-hydrogen) atoms. The number of likely N-dealkylation sites (tertiary alicyclic amines) is 1. The zero-order valence-electron chi connectivity index (χ0n) is 13.9. The Morgan fingerprint density at radius 2 is 2.35 bits per heavy atom. The molecule has 0 saturated carbocycles. The number of nitrogens with one attached hydrogen (secondary N) is 1. The predicted molar refractivity (Wildman–Crippen MR) is 96.8 cm³/mol. The van der Waals surface area contributed by atoms with Crippen molar-refractivity contribution in [2.75, 3.05) is 26.2 Å². The number of halogens is 1. The van der Waals surface area contributed by atoms with E-state index < -0.39 is 0 Å². The second-order valence-electron chi connectivity index (χ2n) is 5.20. The Labute approximate surface area is 153 Å². The van der Waals surface area contributed by atoms with Crippen LogP contribution in [0, 0.1) is 0 Å². The Hall–Kier alpha value is -0.940. The highest BCUT2D eigenvalue weighted by Gasteiger charge is 2.23. The van der Waals surface area contributed by atoms with Gasteiger partial charge >= 0.3 is 0 Å². The van der Waals surface area contributed by atoms with E-state index >= 15 is 0 Å². The fourth-order valence-electron chi connectivity index (χ4n) is 2.32. The lowest BCUT2D eigenvalue weighted by Gasteiger charge is -2.20. The molecule has 0 amide bonds. The Kier molecular flexibility index (Phi) is 8.77. The first kappa shape index (κ1) is 20.1. The number of rotatable bonds is 6. The molecule has 132 valence electrons. The van der Waals surface area contributed by atoms with Gasteiger partial charge in [-0.2, -0.15) is 4.98 Å². The highest BCUT2D eigenvalue weighted by molar-refractivity contribution is 14.0. The minimum atomic E-state index is -0.286. The van der Waals surface area contributed by atoms with Crippen molar-refractivity contribution in [2.24, 2.45) is 4.99 Å². The number of aliphatic imine (C=N–C) groups is 1. The van der Waals surface area contributed by atoms with Gasteiger partial charge in [-0.15, -0.1) is 24.0 Å². The van der Waals surface area contributed by atoms with E-state index in [1.807, 2.05) is 25.7 Å². The average molecular weight is 439 g/mol. The van der Waals surface area contributed by atoms with Gasteiger partial charge in [-0.05, 0) is 27.2 Å². The van der Waals surface area contributed by atoms with Crippen LogP contribution in [0.4, 0.5) is 0 Å². The van der Waals surface area contributed by atoms with Gasteiger partial charge in [0.25, 0.3) is 0 Å². The number of aromatic nitrogens is 2. The van der Waals surface area contributed by atoms with Crippen LogP contribution >= 0.6 is 24.0 Å². The van der Waals surface area contributed by atoms with Gasteiger partial charge in [-0.25, -0.2) is 4.99 Å². The number of nitrogens with zero attached hydrogens (tertiary/aromatic N) is 4. The standard InChI is InChI=1S/C14H25N5O3.HI/c1-4-15-14(19-7-6-11(20)9-19)16-8-12-17-13(18-22-12)10(3)21-5-2;/h10-11,20H,4-9H2,1-3H3,(H,15,16);1H/t10?,11-;/m1./s1. The average Bonchev–Trinajstić information content (AvgIpc) is 3.13. The lowest BCUT2D eigenvalue weighted by molar-refractivity contribution is 0.0683. The van der Waals surface area contributed by atoms with Crippen molar-refractivity contribution in [1.82, 2.24) is 20.4 Å². The van der Waals surface area contributed by atoms with Gasteiger partial charge in [0.1, 0.15) is 12.6 Å². The van der Waals surface area contributed by atoms with Crippen LogP contribution in [0.15, 0.2) is 9.52 Å². The summed E-state index contributed by atoms with van der Waals surface area (Å²) >= 11 is 0. The number of aliphatic hydroxyl groups excluding tert-OH is 1. The maximum Gasteiger partial charge on any atom is 0.248 e. The fourth-order valence-corrected chi connectivity index (χ4v) is 2.32. The van der Waals surface area contributed by atoms with E-state index in [1.165, 1.54) is 0 Å². The molecule has 1 aliphatic rings. The van der Waals surface area contributed by atoms with Crippen molar-refractivity contribution >= 4 is 29.9 Å². The molecule has 0 spiro atoms. The molecule has 2 heterocycles. The summed E-state index contributed by atoms with van der Waals surface area (Å²) in [5.74, 6) is 1.75. The van der Waals surface area contributed by atoms with Gasteiger partial charge < -0.3 is 24.6 Å². The smallest absolute Gasteiger partial charge is 0.248 e. The van der Waals surface area contributed by atoms with Gasteiger partial charge in [-0.3, -0.25) is 0 Å². The third kappa shape index (κ3) is 5.88. The van der Waals surface area contributed by atoms with E-state index in [4.69, 9.17) is 9.26 Å². The molecule has 0 radical (unpaired) electrons.